The predicted octanol–water partition coefficient (Wildman–Crippen LogP) is 3.30. The number of hydrogen-bond acceptors (Lipinski definition) is 8. The number of rotatable bonds is 8. The number of aromatic nitrogens is 1. The summed E-state index contributed by atoms with van der Waals surface area (Å²) in [7, 11) is 1.31. The average Bonchev–Trinajstić information content (AvgIpc) is 3.11. The molecule has 0 aliphatic rings. The normalized spacial score (nSPS) is 11.3. The highest BCUT2D eigenvalue weighted by atomic mass is 32.2. The smallest absolute Gasteiger partial charge is 0.226 e. The Morgan fingerprint density at radius 2 is 1.73 bits per heavy atom. The lowest BCUT2D eigenvalue weighted by molar-refractivity contribution is -0.116. The van der Waals surface area contributed by atoms with Gasteiger partial charge in [-0.15, -0.1) is 0 Å². The van der Waals surface area contributed by atoms with E-state index in [4.69, 9.17) is 14.2 Å². The number of aryl methyl sites for hydroxylation is 1. The molecule has 0 aliphatic heterocycles. The topological polar surface area (TPSA) is 104 Å². The fourth-order valence-electron chi connectivity index (χ4n) is 2.91. The van der Waals surface area contributed by atoms with Crippen LogP contribution in [0.4, 0.5) is 5.13 Å². The summed E-state index contributed by atoms with van der Waals surface area (Å²) in [5.74, 6) is 1.35. The summed E-state index contributed by atoms with van der Waals surface area (Å²) in [4.78, 5) is 17.0. The molecule has 160 valence electrons. The van der Waals surface area contributed by atoms with Gasteiger partial charge in [-0.3, -0.25) is 4.79 Å². The molecule has 10 heteroatoms. The van der Waals surface area contributed by atoms with Crippen LogP contribution in [0.2, 0.25) is 0 Å². The Kier molecular flexibility index (Phi) is 6.47. The standard InChI is InChI=1S/C20H22N2O6S2/c1-26-15-9-12(10-16(27-2)19(15)28-3)5-8-18(23)22-20-21-14-7-6-13(30(4,24)25)11-17(14)29-20/h6-7,9-11H,5,8H2,1-4H3,(H,21,22,23). The van der Waals surface area contributed by atoms with E-state index in [1.54, 1.807) is 24.3 Å². The number of sulfone groups is 1. The minimum absolute atomic E-state index is 0.203. The minimum atomic E-state index is -3.30. The molecule has 0 aliphatic carbocycles. The third-order valence-corrected chi connectivity index (χ3v) is 6.44. The van der Waals surface area contributed by atoms with Crippen molar-refractivity contribution in [3.63, 3.8) is 0 Å². The molecule has 0 unspecified atom stereocenters. The van der Waals surface area contributed by atoms with Crippen molar-refractivity contribution in [2.24, 2.45) is 0 Å². The summed E-state index contributed by atoms with van der Waals surface area (Å²) in [5, 5.41) is 3.19. The number of benzene rings is 2. The maximum atomic E-state index is 12.4. The van der Waals surface area contributed by atoms with Gasteiger partial charge in [-0.1, -0.05) is 11.3 Å². The number of fused-ring (bicyclic) bond motifs is 1. The van der Waals surface area contributed by atoms with Crippen LogP contribution in [0, 0.1) is 0 Å². The third kappa shape index (κ3) is 4.82. The van der Waals surface area contributed by atoms with Crippen LogP contribution in [0.15, 0.2) is 35.2 Å². The number of anilines is 1. The lowest BCUT2D eigenvalue weighted by Crippen LogP contribution is -2.12. The van der Waals surface area contributed by atoms with Crippen molar-refractivity contribution < 1.29 is 27.4 Å². The van der Waals surface area contributed by atoms with Crippen LogP contribution in [-0.2, 0) is 21.1 Å². The molecule has 0 spiro atoms. The maximum Gasteiger partial charge on any atom is 0.226 e. The van der Waals surface area contributed by atoms with E-state index in [0.717, 1.165) is 11.8 Å². The molecule has 0 radical (unpaired) electrons. The third-order valence-electron chi connectivity index (χ3n) is 4.40. The van der Waals surface area contributed by atoms with Gasteiger partial charge in [-0.2, -0.15) is 0 Å². The molecule has 1 N–H and O–H groups in total. The SMILES string of the molecule is COc1cc(CCC(=O)Nc2nc3ccc(S(C)(=O)=O)cc3s2)cc(OC)c1OC. The van der Waals surface area contributed by atoms with Crippen molar-refractivity contribution in [1.82, 2.24) is 4.98 Å². The molecule has 1 aromatic heterocycles. The van der Waals surface area contributed by atoms with Gasteiger partial charge in [-0.05, 0) is 42.3 Å². The van der Waals surface area contributed by atoms with Crippen molar-refractivity contribution >= 4 is 42.4 Å². The van der Waals surface area contributed by atoms with Crippen LogP contribution >= 0.6 is 11.3 Å². The zero-order valence-corrected chi connectivity index (χ0v) is 18.6. The van der Waals surface area contributed by atoms with Crippen molar-refractivity contribution in [1.29, 1.82) is 0 Å². The van der Waals surface area contributed by atoms with E-state index >= 15 is 0 Å². The first kappa shape index (κ1) is 21.8. The molecule has 0 atom stereocenters. The summed E-state index contributed by atoms with van der Waals surface area (Å²) < 4.78 is 40.1. The molecule has 0 saturated heterocycles. The van der Waals surface area contributed by atoms with Crippen LogP contribution in [0.1, 0.15) is 12.0 Å². The molecule has 3 aromatic rings. The van der Waals surface area contributed by atoms with Gasteiger partial charge >= 0.3 is 0 Å². The number of carbonyl (C=O) groups excluding carboxylic acids is 1. The second-order valence-electron chi connectivity index (χ2n) is 6.50. The van der Waals surface area contributed by atoms with Gasteiger partial charge in [0.15, 0.2) is 26.5 Å². The van der Waals surface area contributed by atoms with Gasteiger partial charge < -0.3 is 19.5 Å². The highest BCUT2D eigenvalue weighted by Gasteiger charge is 2.15. The number of nitrogens with zero attached hydrogens (tertiary/aromatic N) is 1. The fourth-order valence-corrected chi connectivity index (χ4v) is 4.55. The largest absolute Gasteiger partial charge is 0.493 e. The van der Waals surface area contributed by atoms with Gasteiger partial charge in [0.25, 0.3) is 0 Å². The minimum Gasteiger partial charge on any atom is -0.493 e. The first-order valence-electron chi connectivity index (χ1n) is 8.94. The summed E-state index contributed by atoms with van der Waals surface area (Å²) in [6.45, 7) is 0. The first-order chi connectivity index (χ1) is 14.2. The molecule has 0 saturated carbocycles. The Morgan fingerprint density at radius 3 is 2.30 bits per heavy atom. The molecule has 1 amide bonds. The number of methoxy groups -OCH3 is 3. The first-order valence-corrected chi connectivity index (χ1v) is 11.7. The van der Waals surface area contributed by atoms with Crippen molar-refractivity contribution in [2.75, 3.05) is 32.9 Å². The van der Waals surface area contributed by atoms with Gasteiger partial charge in [0.1, 0.15) is 0 Å². The van der Waals surface area contributed by atoms with Crippen molar-refractivity contribution in [3.8, 4) is 17.2 Å². The van der Waals surface area contributed by atoms with E-state index in [1.165, 1.54) is 38.7 Å². The van der Waals surface area contributed by atoms with Gasteiger partial charge in [0, 0.05) is 12.7 Å². The summed E-state index contributed by atoms with van der Waals surface area (Å²) in [6, 6.07) is 8.31. The fraction of sp³-hybridized carbons (Fsp3) is 0.300. The van der Waals surface area contributed by atoms with Crippen LogP contribution < -0.4 is 19.5 Å². The lowest BCUT2D eigenvalue weighted by Gasteiger charge is -2.14. The second-order valence-corrected chi connectivity index (χ2v) is 9.55. The lowest BCUT2D eigenvalue weighted by atomic mass is 10.1. The van der Waals surface area contributed by atoms with Crippen LogP contribution in [-0.4, -0.2) is 46.9 Å². The summed E-state index contributed by atoms with van der Waals surface area (Å²) >= 11 is 1.23. The number of hydrogen-bond donors (Lipinski definition) is 1. The van der Waals surface area contributed by atoms with Crippen LogP contribution in [0.25, 0.3) is 10.2 Å². The van der Waals surface area contributed by atoms with Gasteiger partial charge in [0.2, 0.25) is 11.7 Å². The number of nitrogens with one attached hydrogen (secondary N) is 1. The Morgan fingerprint density at radius 1 is 1.07 bits per heavy atom. The van der Waals surface area contributed by atoms with E-state index < -0.39 is 9.84 Å². The molecule has 8 nitrogen and oxygen atoms in total. The zero-order valence-electron chi connectivity index (χ0n) is 17.0. The quantitative estimate of drug-likeness (QED) is 0.561. The molecule has 0 fully saturated rings. The van der Waals surface area contributed by atoms with Crippen molar-refractivity contribution in [3.05, 3.63) is 35.9 Å². The monoisotopic (exact) mass is 450 g/mol. The van der Waals surface area contributed by atoms with Crippen LogP contribution in [0.5, 0.6) is 17.2 Å². The second kappa shape index (κ2) is 8.88. The summed E-state index contributed by atoms with van der Waals surface area (Å²) in [6.07, 6.45) is 1.84. The number of thiazole rings is 1. The van der Waals surface area contributed by atoms with E-state index in [-0.39, 0.29) is 17.2 Å². The van der Waals surface area contributed by atoms with E-state index in [9.17, 15) is 13.2 Å². The zero-order chi connectivity index (χ0) is 21.9. The summed E-state index contributed by atoms with van der Waals surface area (Å²) in [5.41, 5.74) is 1.49. The molecule has 1 heterocycles. The average molecular weight is 451 g/mol. The van der Waals surface area contributed by atoms with Crippen molar-refractivity contribution in [2.45, 2.75) is 17.7 Å². The Balaban J connectivity index is 1.70. The molecule has 3 rings (SSSR count). The Bertz CT molecular complexity index is 1160. The predicted molar refractivity (Wildman–Crippen MR) is 116 cm³/mol. The number of amides is 1. The maximum absolute atomic E-state index is 12.4. The van der Waals surface area contributed by atoms with Crippen LogP contribution in [0.3, 0.4) is 0 Å². The molecular weight excluding hydrogens is 428 g/mol. The Hall–Kier alpha value is -2.85. The van der Waals surface area contributed by atoms with E-state index in [0.29, 0.717) is 39.0 Å². The Labute approximate surface area is 178 Å². The molecular formula is C20H22N2O6S2. The molecule has 30 heavy (non-hydrogen) atoms. The number of carbonyl (C=O) groups is 1. The molecule has 2 aromatic carbocycles. The molecule has 0 bridgehead atoms. The highest BCUT2D eigenvalue weighted by Crippen LogP contribution is 2.38. The van der Waals surface area contributed by atoms with E-state index in [2.05, 4.69) is 10.3 Å². The van der Waals surface area contributed by atoms with Gasteiger partial charge in [-0.25, -0.2) is 13.4 Å². The van der Waals surface area contributed by atoms with Gasteiger partial charge in [0.05, 0.1) is 36.4 Å². The number of ether oxygens (including phenoxy) is 3. The van der Waals surface area contributed by atoms with E-state index in [1.807, 2.05) is 0 Å². The highest BCUT2D eigenvalue weighted by molar-refractivity contribution is 7.90.